The van der Waals surface area contributed by atoms with Gasteiger partial charge in [-0.1, -0.05) is 18.2 Å². The second-order valence-corrected chi connectivity index (χ2v) is 7.29. The van der Waals surface area contributed by atoms with Gasteiger partial charge in [0.05, 0.1) is 5.52 Å². The van der Waals surface area contributed by atoms with E-state index in [1.54, 1.807) is 22.6 Å². The summed E-state index contributed by atoms with van der Waals surface area (Å²) in [5.41, 5.74) is 0.540. The van der Waals surface area contributed by atoms with Crippen molar-refractivity contribution in [3.63, 3.8) is 0 Å². The van der Waals surface area contributed by atoms with Crippen LogP contribution in [0.25, 0.3) is 10.9 Å². The molecule has 0 bridgehead atoms. The fourth-order valence-electron chi connectivity index (χ4n) is 2.78. The minimum Gasteiger partial charge on any atom is -0.311 e. The van der Waals surface area contributed by atoms with Gasteiger partial charge in [0.2, 0.25) is 10.0 Å². The average Bonchev–Trinajstić information content (AvgIpc) is 2.49. The maximum absolute atomic E-state index is 13.0. The molecule has 2 heterocycles. The van der Waals surface area contributed by atoms with Crippen LogP contribution in [0.5, 0.6) is 0 Å². The average molecular weight is 305 g/mol. The maximum Gasteiger partial charge on any atom is 0.245 e. The van der Waals surface area contributed by atoms with E-state index in [0.29, 0.717) is 23.5 Å². The number of pyridine rings is 1. The van der Waals surface area contributed by atoms with Crippen molar-refractivity contribution in [2.45, 2.75) is 30.8 Å². The van der Waals surface area contributed by atoms with Gasteiger partial charge in [0.25, 0.3) is 0 Å². The first kappa shape index (κ1) is 14.4. The number of aromatic nitrogens is 1. The van der Waals surface area contributed by atoms with Gasteiger partial charge in [-0.3, -0.25) is 4.98 Å². The van der Waals surface area contributed by atoms with Gasteiger partial charge in [-0.2, -0.15) is 4.31 Å². The number of nitrogens with one attached hydrogen (secondary N) is 1. The first-order valence-electron chi connectivity index (χ1n) is 7.11. The quantitative estimate of drug-likeness (QED) is 0.915. The number of nitrogens with zero attached hydrogens (tertiary/aromatic N) is 2. The van der Waals surface area contributed by atoms with Gasteiger partial charge >= 0.3 is 0 Å². The van der Waals surface area contributed by atoms with Gasteiger partial charge in [0.1, 0.15) is 4.90 Å². The molecule has 0 saturated carbocycles. The van der Waals surface area contributed by atoms with Gasteiger partial charge in [-0.05, 0) is 26.0 Å². The van der Waals surface area contributed by atoms with E-state index in [1.807, 2.05) is 32.0 Å². The molecule has 5 nitrogen and oxygen atoms in total. The molecule has 1 aromatic heterocycles. The molecular formula is C15H19N3O2S. The van der Waals surface area contributed by atoms with Crippen LogP contribution in [0.15, 0.2) is 41.4 Å². The topological polar surface area (TPSA) is 62.3 Å². The summed E-state index contributed by atoms with van der Waals surface area (Å²) < 4.78 is 27.6. The van der Waals surface area contributed by atoms with Gasteiger partial charge < -0.3 is 5.32 Å². The lowest BCUT2D eigenvalue weighted by Crippen LogP contribution is -2.57. The molecular weight excluding hydrogens is 286 g/mol. The lowest BCUT2D eigenvalue weighted by atomic mass is 10.1. The zero-order valence-electron chi connectivity index (χ0n) is 12.2. The second-order valence-electron chi connectivity index (χ2n) is 5.43. The Morgan fingerprint density at radius 2 is 2.00 bits per heavy atom. The third kappa shape index (κ3) is 2.43. The van der Waals surface area contributed by atoms with Crippen molar-refractivity contribution in [1.82, 2.24) is 14.6 Å². The summed E-state index contributed by atoms with van der Waals surface area (Å²) in [4.78, 5) is 4.56. The van der Waals surface area contributed by atoms with E-state index in [4.69, 9.17) is 0 Å². The Labute approximate surface area is 125 Å². The maximum atomic E-state index is 13.0. The van der Waals surface area contributed by atoms with Crippen LogP contribution in [0.4, 0.5) is 0 Å². The largest absolute Gasteiger partial charge is 0.311 e. The number of piperazine rings is 1. The molecule has 0 radical (unpaired) electrons. The molecule has 0 spiro atoms. The van der Waals surface area contributed by atoms with E-state index in [9.17, 15) is 8.42 Å². The summed E-state index contributed by atoms with van der Waals surface area (Å²) >= 11 is 0. The third-order valence-corrected chi connectivity index (χ3v) is 6.18. The first-order valence-corrected chi connectivity index (χ1v) is 8.55. The van der Waals surface area contributed by atoms with Crippen molar-refractivity contribution < 1.29 is 8.42 Å². The van der Waals surface area contributed by atoms with E-state index in [-0.39, 0.29) is 12.1 Å². The molecule has 21 heavy (non-hydrogen) atoms. The first-order chi connectivity index (χ1) is 10.0. The Hall–Kier alpha value is -1.50. The van der Waals surface area contributed by atoms with E-state index >= 15 is 0 Å². The fraction of sp³-hybridized carbons (Fsp3) is 0.400. The molecule has 2 aromatic rings. The molecule has 1 N–H and O–H groups in total. The van der Waals surface area contributed by atoms with Crippen LogP contribution in [-0.2, 0) is 10.0 Å². The molecule has 6 heteroatoms. The zero-order valence-corrected chi connectivity index (χ0v) is 13.0. The van der Waals surface area contributed by atoms with Crippen LogP contribution < -0.4 is 5.32 Å². The lowest BCUT2D eigenvalue weighted by Gasteiger charge is -2.37. The lowest BCUT2D eigenvalue weighted by molar-refractivity contribution is 0.233. The Balaban J connectivity index is 2.12. The molecule has 112 valence electrons. The third-order valence-electron chi connectivity index (χ3n) is 4.16. The van der Waals surface area contributed by atoms with Crippen LogP contribution in [0, 0.1) is 0 Å². The number of rotatable bonds is 2. The van der Waals surface area contributed by atoms with Crippen LogP contribution in [-0.4, -0.2) is 42.9 Å². The minimum atomic E-state index is -3.54. The van der Waals surface area contributed by atoms with Crippen molar-refractivity contribution in [3.05, 3.63) is 36.5 Å². The summed E-state index contributed by atoms with van der Waals surface area (Å²) in [6.45, 7) is 5.10. The van der Waals surface area contributed by atoms with Crippen molar-refractivity contribution >= 4 is 20.9 Å². The predicted octanol–water partition coefficient (Wildman–Crippen LogP) is 1.61. The van der Waals surface area contributed by atoms with Gasteiger partial charge in [0.15, 0.2) is 0 Å². The van der Waals surface area contributed by atoms with Gasteiger partial charge in [-0.15, -0.1) is 0 Å². The minimum absolute atomic E-state index is 0.0808. The number of benzene rings is 1. The van der Waals surface area contributed by atoms with Crippen LogP contribution in [0.3, 0.4) is 0 Å². The number of para-hydroxylation sites is 1. The Bertz CT molecular complexity index is 755. The highest BCUT2D eigenvalue weighted by Crippen LogP contribution is 2.26. The molecule has 1 saturated heterocycles. The Kier molecular flexibility index (Phi) is 3.69. The number of sulfonamides is 1. The fourth-order valence-corrected chi connectivity index (χ4v) is 4.65. The van der Waals surface area contributed by atoms with Gasteiger partial charge in [0, 0.05) is 36.8 Å². The molecule has 0 amide bonds. The summed E-state index contributed by atoms with van der Waals surface area (Å²) in [6.07, 6.45) is 1.63. The standard InChI is InChI=1S/C15H19N3O2S/c1-11-12(2)18(10-9-16-11)21(19,20)14-7-3-5-13-6-4-8-17-15(13)14/h3-8,11-12,16H,9-10H2,1-2H3. The van der Waals surface area contributed by atoms with E-state index < -0.39 is 10.0 Å². The molecule has 0 aliphatic carbocycles. The van der Waals surface area contributed by atoms with E-state index in [2.05, 4.69) is 10.3 Å². The Morgan fingerprint density at radius 1 is 1.24 bits per heavy atom. The molecule has 2 atom stereocenters. The molecule has 3 rings (SSSR count). The van der Waals surface area contributed by atoms with Crippen LogP contribution in [0.2, 0.25) is 0 Å². The van der Waals surface area contributed by atoms with E-state index in [0.717, 1.165) is 5.39 Å². The summed E-state index contributed by atoms with van der Waals surface area (Å²) in [5, 5.41) is 4.14. The molecule has 1 aromatic carbocycles. The monoisotopic (exact) mass is 305 g/mol. The van der Waals surface area contributed by atoms with E-state index in [1.165, 1.54) is 0 Å². The molecule has 2 unspecified atom stereocenters. The zero-order chi connectivity index (χ0) is 15.0. The van der Waals surface area contributed by atoms with Gasteiger partial charge in [-0.25, -0.2) is 8.42 Å². The normalized spacial score (nSPS) is 24.3. The highest BCUT2D eigenvalue weighted by Gasteiger charge is 2.35. The summed E-state index contributed by atoms with van der Waals surface area (Å²) in [7, 11) is -3.54. The van der Waals surface area contributed by atoms with Crippen molar-refractivity contribution in [3.8, 4) is 0 Å². The van der Waals surface area contributed by atoms with Crippen molar-refractivity contribution in [2.75, 3.05) is 13.1 Å². The summed E-state index contributed by atoms with van der Waals surface area (Å²) in [6, 6.07) is 9.04. The second kappa shape index (κ2) is 5.36. The van der Waals surface area contributed by atoms with Crippen LogP contribution in [0.1, 0.15) is 13.8 Å². The Morgan fingerprint density at radius 3 is 2.81 bits per heavy atom. The molecule has 1 aliphatic rings. The molecule has 1 fully saturated rings. The number of hydrogen-bond acceptors (Lipinski definition) is 4. The van der Waals surface area contributed by atoms with Crippen LogP contribution >= 0.6 is 0 Å². The highest BCUT2D eigenvalue weighted by atomic mass is 32.2. The number of fused-ring (bicyclic) bond motifs is 1. The number of hydrogen-bond donors (Lipinski definition) is 1. The smallest absolute Gasteiger partial charge is 0.245 e. The van der Waals surface area contributed by atoms with Crippen molar-refractivity contribution in [2.24, 2.45) is 0 Å². The predicted molar refractivity (Wildman–Crippen MR) is 82.6 cm³/mol. The van der Waals surface area contributed by atoms with Crippen molar-refractivity contribution in [1.29, 1.82) is 0 Å². The molecule has 1 aliphatic heterocycles. The highest BCUT2D eigenvalue weighted by molar-refractivity contribution is 7.89. The SMILES string of the molecule is CC1NCCN(S(=O)(=O)c2cccc3cccnc23)C1C. The summed E-state index contributed by atoms with van der Waals surface area (Å²) in [5.74, 6) is 0.